The maximum Gasteiger partial charge on any atom is 0.243 e. The van der Waals surface area contributed by atoms with Gasteiger partial charge in [0, 0.05) is 26.9 Å². The topological polar surface area (TPSA) is 85.2 Å². The van der Waals surface area contributed by atoms with Crippen molar-refractivity contribution >= 4 is 10.0 Å². The number of rotatable bonds is 6. The highest BCUT2D eigenvalue weighted by Crippen LogP contribution is 2.19. The third-order valence-corrected chi connectivity index (χ3v) is 4.70. The van der Waals surface area contributed by atoms with E-state index in [-0.39, 0.29) is 10.4 Å². The molecule has 2 rings (SSSR count). The standard InChI is InChI=1S/C11H20N4O3S/c1-15-7-10(6-13-15)19(16,17)14-8-11(9-18-2)4-3-5-12-11/h6-7,12,14H,3-5,8-9H2,1-2H3. The number of nitrogens with zero attached hydrogens (tertiary/aromatic N) is 2. The van der Waals surface area contributed by atoms with Gasteiger partial charge in [0.2, 0.25) is 10.0 Å². The second-order valence-electron chi connectivity index (χ2n) is 4.92. The quantitative estimate of drug-likeness (QED) is 0.735. The number of aryl methyl sites for hydroxylation is 1. The van der Waals surface area contributed by atoms with Crippen LogP contribution in [0.5, 0.6) is 0 Å². The van der Waals surface area contributed by atoms with Crippen molar-refractivity contribution in [3.8, 4) is 0 Å². The van der Waals surface area contributed by atoms with Gasteiger partial charge in [-0.25, -0.2) is 13.1 Å². The van der Waals surface area contributed by atoms with Crippen LogP contribution >= 0.6 is 0 Å². The van der Waals surface area contributed by atoms with Gasteiger partial charge in [0.1, 0.15) is 4.90 Å². The van der Waals surface area contributed by atoms with Gasteiger partial charge in [-0.3, -0.25) is 4.68 Å². The van der Waals surface area contributed by atoms with E-state index in [4.69, 9.17) is 4.74 Å². The number of nitrogens with one attached hydrogen (secondary N) is 2. The minimum absolute atomic E-state index is 0.181. The van der Waals surface area contributed by atoms with Crippen molar-refractivity contribution in [3.05, 3.63) is 12.4 Å². The third kappa shape index (κ3) is 3.33. The first-order chi connectivity index (χ1) is 8.97. The van der Waals surface area contributed by atoms with Crippen LogP contribution in [0.25, 0.3) is 0 Å². The Morgan fingerprint density at radius 1 is 1.63 bits per heavy atom. The summed E-state index contributed by atoms with van der Waals surface area (Å²) in [4.78, 5) is 0.181. The van der Waals surface area contributed by atoms with Crippen LogP contribution in [0, 0.1) is 0 Å². The molecule has 1 aliphatic heterocycles. The Bertz CT molecular complexity index is 520. The van der Waals surface area contributed by atoms with Gasteiger partial charge < -0.3 is 10.1 Å². The van der Waals surface area contributed by atoms with Crippen molar-refractivity contribution in [2.24, 2.45) is 7.05 Å². The van der Waals surface area contributed by atoms with Crippen LogP contribution in [0.15, 0.2) is 17.3 Å². The highest BCUT2D eigenvalue weighted by Gasteiger charge is 2.34. The maximum absolute atomic E-state index is 12.1. The maximum atomic E-state index is 12.1. The van der Waals surface area contributed by atoms with Crippen LogP contribution in [0.1, 0.15) is 12.8 Å². The van der Waals surface area contributed by atoms with Gasteiger partial charge in [0.25, 0.3) is 0 Å². The molecule has 0 bridgehead atoms. The predicted molar refractivity (Wildman–Crippen MR) is 70.2 cm³/mol. The SMILES string of the molecule is COCC1(CNS(=O)(=O)c2cnn(C)c2)CCCN1. The molecular formula is C11H20N4O3S. The summed E-state index contributed by atoms with van der Waals surface area (Å²) < 4.78 is 33.5. The Hall–Kier alpha value is -0.960. The molecule has 8 heteroatoms. The van der Waals surface area contributed by atoms with E-state index in [1.165, 1.54) is 17.1 Å². The summed E-state index contributed by atoms with van der Waals surface area (Å²) in [7, 11) is -0.205. The third-order valence-electron chi connectivity index (χ3n) is 3.34. The molecule has 0 aromatic carbocycles. The van der Waals surface area contributed by atoms with Crippen molar-refractivity contribution < 1.29 is 13.2 Å². The summed E-state index contributed by atoms with van der Waals surface area (Å²) in [5.41, 5.74) is -0.302. The minimum atomic E-state index is -3.51. The first kappa shape index (κ1) is 14.4. The first-order valence-electron chi connectivity index (χ1n) is 6.20. The second kappa shape index (κ2) is 5.58. The Kier molecular flexibility index (Phi) is 4.24. The molecule has 2 heterocycles. The van der Waals surface area contributed by atoms with E-state index in [1.807, 2.05) is 0 Å². The van der Waals surface area contributed by atoms with Gasteiger partial charge in [0.15, 0.2) is 0 Å². The zero-order chi connectivity index (χ0) is 13.9. The van der Waals surface area contributed by atoms with Crippen LogP contribution in [-0.4, -0.2) is 50.5 Å². The summed E-state index contributed by atoms with van der Waals surface area (Å²) >= 11 is 0. The fraction of sp³-hybridized carbons (Fsp3) is 0.727. The molecule has 0 spiro atoms. The largest absolute Gasteiger partial charge is 0.383 e. The molecule has 1 saturated heterocycles. The summed E-state index contributed by atoms with van der Waals surface area (Å²) in [5, 5.41) is 7.20. The Morgan fingerprint density at radius 2 is 2.42 bits per heavy atom. The molecule has 19 heavy (non-hydrogen) atoms. The zero-order valence-electron chi connectivity index (χ0n) is 11.2. The lowest BCUT2D eigenvalue weighted by molar-refractivity contribution is 0.122. The van der Waals surface area contributed by atoms with E-state index < -0.39 is 10.0 Å². The highest BCUT2D eigenvalue weighted by atomic mass is 32.2. The number of ether oxygens (including phenoxy) is 1. The van der Waals surface area contributed by atoms with Gasteiger partial charge >= 0.3 is 0 Å². The number of sulfonamides is 1. The lowest BCUT2D eigenvalue weighted by Gasteiger charge is -2.28. The van der Waals surface area contributed by atoms with E-state index in [0.717, 1.165) is 19.4 Å². The van der Waals surface area contributed by atoms with Crippen LogP contribution in [0.2, 0.25) is 0 Å². The Morgan fingerprint density at radius 3 is 2.95 bits per heavy atom. The van der Waals surface area contributed by atoms with Gasteiger partial charge in [-0.1, -0.05) is 0 Å². The van der Waals surface area contributed by atoms with Crippen molar-refractivity contribution in [2.75, 3.05) is 26.8 Å². The van der Waals surface area contributed by atoms with E-state index >= 15 is 0 Å². The molecule has 1 atom stereocenters. The van der Waals surface area contributed by atoms with Crippen molar-refractivity contribution in [1.82, 2.24) is 19.8 Å². The Labute approximate surface area is 113 Å². The summed E-state index contributed by atoms with van der Waals surface area (Å²) in [6, 6.07) is 0. The molecule has 0 amide bonds. The van der Waals surface area contributed by atoms with E-state index in [2.05, 4.69) is 15.1 Å². The molecule has 1 aromatic rings. The zero-order valence-corrected chi connectivity index (χ0v) is 12.0. The number of hydrogen-bond donors (Lipinski definition) is 2. The lowest BCUT2D eigenvalue weighted by atomic mass is 9.99. The average molecular weight is 288 g/mol. The molecule has 0 saturated carbocycles. The molecule has 2 N–H and O–H groups in total. The molecule has 0 radical (unpaired) electrons. The minimum Gasteiger partial charge on any atom is -0.383 e. The number of methoxy groups -OCH3 is 1. The monoisotopic (exact) mass is 288 g/mol. The molecule has 1 aromatic heterocycles. The normalized spacial score (nSPS) is 23.9. The van der Waals surface area contributed by atoms with Crippen LogP contribution in [0.4, 0.5) is 0 Å². The summed E-state index contributed by atoms with van der Waals surface area (Å²) in [5.74, 6) is 0. The van der Waals surface area contributed by atoms with Gasteiger partial charge in [0.05, 0.1) is 18.3 Å². The van der Waals surface area contributed by atoms with E-state index in [0.29, 0.717) is 13.2 Å². The highest BCUT2D eigenvalue weighted by molar-refractivity contribution is 7.89. The predicted octanol–water partition coefficient (Wildman–Crippen LogP) is -0.533. The molecule has 108 valence electrons. The van der Waals surface area contributed by atoms with Crippen LogP contribution in [0.3, 0.4) is 0 Å². The Balaban J connectivity index is 2.04. The van der Waals surface area contributed by atoms with E-state index in [9.17, 15) is 8.42 Å². The van der Waals surface area contributed by atoms with E-state index in [1.54, 1.807) is 14.2 Å². The van der Waals surface area contributed by atoms with Gasteiger partial charge in [-0.05, 0) is 19.4 Å². The fourth-order valence-corrected chi connectivity index (χ4v) is 3.43. The average Bonchev–Trinajstić information content (AvgIpc) is 2.98. The number of aromatic nitrogens is 2. The molecular weight excluding hydrogens is 268 g/mol. The number of hydrogen-bond acceptors (Lipinski definition) is 5. The molecule has 7 nitrogen and oxygen atoms in total. The molecule has 1 fully saturated rings. The molecule has 1 aliphatic rings. The second-order valence-corrected chi connectivity index (χ2v) is 6.68. The van der Waals surface area contributed by atoms with Gasteiger partial charge in [-0.2, -0.15) is 5.10 Å². The van der Waals surface area contributed by atoms with Crippen LogP contribution < -0.4 is 10.0 Å². The van der Waals surface area contributed by atoms with Gasteiger partial charge in [-0.15, -0.1) is 0 Å². The fourth-order valence-electron chi connectivity index (χ4n) is 2.32. The smallest absolute Gasteiger partial charge is 0.243 e. The first-order valence-corrected chi connectivity index (χ1v) is 7.68. The van der Waals surface area contributed by atoms with Crippen molar-refractivity contribution in [2.45, 2.75) is 23.3 Å². The summed E-state index contributed by atoms with van der Waals surface area (Å²) in [6.07, 6.45) is 4.75. The lowest BCUT2D eigenvalue weighted by Crippen LogP contribution is -2.52. The molecule has 0 aliphatic carbocycles. The van der Waals surface area contributed by atoms with Crippen molar-refractivity contribution in [1.29, 1.82) is 0 Å². The van der Waals surface area contributed by atoms with Crippen molar-refractivity contribution in [3.63, 3.8) is 0 Å². The molecule has 1 unspecified atom stereocenters. The van der Waals surface area contributed by atoms with Crippen LogP contribution in [-0.2, 0) is 21.8 Å². The summed E-state index contributed by atoms with van der Waals surface area (Å²) in [6.45, 7) is 1.69.